The van der Waals surface area contributed by atoms with Crippen molar-refractivity contribution in [1.29, 1.82) is 0 Å². The summed E-state index contributed by atoms with van der Waals surface area (Å²) in [4.78, 5) is 14.1. The molecule has 1 amide bonds. The first-order chi connectivity index (χ1) is 9.99. The van der Waals surface area contributed by atoms with Crippen molar-refractivity contribution in [2.75, 3.05) is 26.3 Å². The molecule has 2 atom stereocenters. The molecule has 2 rings (SSSR count). The molecule has 1 aromatic carbocycles. The molecule has 21 heavy (non-hydrogen) atoms. The highest BCUT2D eigenvalue weighted by atomic mass is 35.5. The van der Waals surface area contributed by atoms with E-state index in [1.165, 1.54) is 6.07 Å². The van der Waals surface area contributed by atoms with E-state index in [9.17, 15) is 9.18 Å². The lowest BCUT2D eigenvalue weighted by Gasteiger charge is -2.30. The van der Waals surface area contributed by atoms with Crippen molar-refractivity contribution in [1.82, 2.24) is 10.2 Å². The van der Waals surface area contributed by atoms with Gasteiger partial charge in [-0.1, -0.05) is 17.7 Å². The van der Waals surface area contributed by atoms with Crippen LogP contribution in [0.2, 0.25) is 5.02 Å². The molecule has 116 valence electrons. The number of benzene rings is 1. The lowest BCUT2D eigenvalue weighted by atomic mass is 10.1. The highest BCUT2D eigenvalue weighted by Gasteiger charge is 2.23. The molecule has 0 aromatic heterocycles. The van der Waals surface area contributed by atoms with Gasteiger partial charge >= 0.3 is 0 Å². The third-order valence-corrected chi connectivity index (χ3v) is 3.93. The van der Waals surface area contributed by atoms with Gasteiger partial charge in [0.25, 0.3) is 0 Å². The van der Waals surface area contributed by atoms with Crippen molar-refractivity contribution in [2.24, 2.45) is 0 Å². The van der Waals surface area contributed by atoms with Gasteiger partial charge in [0, 0.05) is 19.1 Å². The Labute approximate surface area is 129 Å². The summed E-state index contributed by atoms with van der Waals surface area (Å²) in [6.45, 7) is 6.18. The first-order valence-corrected chi connectivity index (χ1v) is 7.44. The number of rotatable bonds is 4. The normalized spacial score (nSPS) is 18.4. The van der Waals surface area contributed by atoms with E-state index < -0.39 is 5.82 Å². The van der Waals surface area contributed by atoms with Crippen LogP contribution in [0.4, 0.5) is 4.39 Å². The summed E-state index contributed by atoms with van der Waals surface area (Å²) in [5, 5.41) is 3.32. The van der Waals surface area contributed by atoms with E-state index in [0.29, 0.717) is 26.3 Å². The minimum Gasteiger partial charge on any atom is -0.378 e. The lowest BCUT2D eigenvalue weighted by Crippen LogP contribution is -2.49. The molecule has 1 heterocycles. The number of carbonyl (C=O) groups is 1. The van der Waals surface area contributed by atoms with Crippen LogP contribution in [0.3, 0.4) is 0 Å². The number of ether oxygens (including phenoxy) is 1. The smallest absolute Gasteiger partial charge is 0.239 e. The topological polar surface area (TPSA) is 41.6 Å². The number of nitrogens with zero attached hydrogens (tertiary/aromatic N) is 1. The fraction of sp³-hybridized carbons (Fsp3) is 0.533. The van der Waals surface area contributed by atoms with E-state index in [2.05, 4.69) is 5.32 Å². The fourth-order valence-corrected chi connectivity index (χ4v) is 2.57. The molecule has 4 nitrogen and oxygen atoms in total. The number of hydrogen-bond donors (Lipinski definition) is 1. The number of carbonyl (C=O) groups excluding carboxylic acids is 1. The van der Waals surface area contributed by atoms with E-state index in [1.807, 2.05) is 13.8 Å². The van der Waals surface area contributed by atoms with Crippen molar-refractivity contribution in [3.05, 3.63) is 34.6 Å². The van der Waals surface area contributed by atoms with Crippen LogP contribution in [0.5, 0.6) is 0 Å². The third-order valence-electron chi connectivity index (χ3n) is 3.64. The van der Waals surface area contributed by atoms with Crippen molar-refractivity contribution >= 4 is 17.5 Å². The minimum absolute atomic E-state index is 0.0540. The van der Waals surface area contributed by atoms with Crippen LogP contribution < -0.4 is 5.32 Å². The molecule has 6 heteroatoms. The summed E-state index contributed by atoms with van der Waals surface area (Å²) in [5.74, 6) is -0.386. The van der Waals surface area contributed by atoms with Crippen LogP contribution in [0, 0.1) is 5.82 Å². The average Bonchev–Trinajstić information content (AvgIpc) is 2.50. The highest BCUT2D eigenvalue weighted by Crippen LogP contribution is 2.21. The second-order valence-corrected chi connectivity index (χ2v) is 5.63. The Morgan fingerprint density at radius 3 is 2.67 bits per heavy atom. The molecule has 0 spiro atoms. The Morgan fingerprint density at radius 2 is 2.05 bits per heavy atom. The Morgan fingerprint density at radius 1 is 1.38 bits per heavy atom. The minimum atomic E-state index is -0.440. The molecular formula is C15H20ClFN2O2. The molecule has 1 aliphatic heterocycles. The predicted octanol–water partition coefficient (Wildman–Crippen LogP) is 2.38. The molecule has 1 saturated heterocycles. The van der Waals surface area contributed by atoms with Gasteiger partial charge in [0.2, 0.25) is 5.91 Å². The van der Waals surface area contributed by atoms with Crippen LogP contribution in [0.1, 0.15) is 25.5 Å². The standard InChI is InChI=1S/C15H20ClFN2O2/c1-10(12-3-4-14(17)13(16)9-12)18-11(2)15(20)19-5-7-21-8-6-19/h3-4,9-11,18H,5-8H2,1-2H3. The summed E-state index contributed by atoms with van der Waals surface area (Å²) in [6.07, 6.45) is 0. The predicted molar refractivity (Wildman–Crippen MR) is 79.8 cm³/mol. The Balaban J connectivity index is 1.95. The molecule has 1 fully saturated rings. The maximum atomic E-state index is 13.2. The van der Waals surface area contributed by atoms with Gasteiger partial charge in [-0.15, -0.1) is 0 Å². The van der Waals surface area contributed by atoms with Crippen LogP contribution in [-0.2, 0) is 9.53 Å². The van der Waals surface area contributed by atoms with Crippen LogP contribution in [-0.4, -0.2) is 43.2 Å². The third kappa shape index (κ3) is 4.15. The van der Waals surface area contributed by atoms with E-state index in [-0.39, 0.29) is 23.0 Å². The second-order valence-electron chi connectivity index (χ2n) is 5.22. The van der Waals surface area contributed by atoms with Crippen molar-refractivity contribution < 1.29 is 13.9 Å². The molecule has 1 aromatic rings. The zero-order chi connectivity index (χ0) is 15.4. The zero-order valence-corrected chi connectivity index (χ0v) is 13.0. The second kappa shape index (κ2) is 7.20. The number of nitrogens with one attached hydrogen (secondary N) is 1. The van der Waals surface area contributed by atoms with Crippen molar-refractivity contribution in [3.63, 3.8) is 0 Å². The van der Waals surface area contributed by atoms with Crippen LogP contribution in [0.25, 0.3) is 0 Å². The zero-order valence-electron chi connectivity index (χ0n) is 12.2. The van der Waals surface area contributed by atoms with E-state index in [1.54, 1.807) is 17.0 Å². The quantitative estimate of drug-likeness (QED) is 0.928. The summed E-state index contributed by atoms with van der Waals surface area (Å²) in [7, 11) is 0. The lowest BCUT2D eigenvalue weighted by molar-refractivity contribution is -0.137. The monoisotopic (exact) mass is 314 g/mol. The van der Waals surface area contributed by atoms with Crippen LogP contribution in [0.15, 0.2) is 18.2 Å². The average molecular weight is 315 g/mol. The molecule has 0 radical (unpaired) electrons. The van der Waals surface area contributed by atoms with E-state index in [4.69, 9.17) is 16.3 Å². The first kappa shape index (κ1) is 16.2. The number of halogens is 2. The van der Waals surface area contributed by atoms with Gasteiger partial charge in [0.15, 0.2) is 0 Å². The van der Waals surface area contributed by atoms with Gasteiger partial charge in [-0.25, -0.2) is 4.39 Å². The van der Waals surface area contributed by atoms with Crippen molar-refractivity contribution in [2.45, 2.75) is 25.9 Å². The molecule has 1 N–H and O–H groups in total. The maximum Gasteiger partial charge on any atom is 0.239 e. The SMILES string of the molecule is CC(NC(C)c1ccc(F)c(Cl)c1)C(=O)N1CCOCC1. The molecule has 0 aliphatic carbocycles. The largest absolute Gasteiger partial charge is 0.378 e. The van der Waals surface area contributed by atoms with Crippen LogP contribution >= 0.6 is 11.6 Å². The number of amides is 1. The van der Waals surface area contributed by atoms with Crippen molar-refractivity contribution in [3.8, 4) is 0 Å². The van der Waals surface area contributed by atoms with Gasteiger partial charge in [-0.3, -0.25) is 10.1 Å². The Kier molecular flexibility index (Phi) is 5.56. The van der Waals surface area contributed by atoms with Gasteiger partial charge < -0.3 is 9.64 Å². The Bertz CT molecular complexity index is 506. The summed E-state index contributed by atoms with van der Waals surface area (Å²) in [5.41, 5.74) is 0.850. The summed E-state index contributed by atoms with van der Waals surface area (Å²) >= 11 is 5.79. The highest BCUT2D eigenvalue weighted by molar-refractivity contribution is 6.30. The maximum absolute atomic E-state index is 13.2. The van der Waals surface area contributed by atoms with Gasteiger partial charge in [-0.2, -0.15) is 0 Å². The molecule has 2 unspecified atom stereocenters. The van der Waals surface area contributed by atoms with Gasteiger partial charge in [-0.05, 0) is 31.5 Å². The molecular weight excluding hydrogens is 295 g/mol. The molecule has 0 saturated carbocycles. The summed E-state index contributed by atoms with van der Waals surface area (Å²) < 4.78 is 18.4. The number of hydrogen-bond acceptors (Lipinski definition) is 3. The molecule has 0 bridgehead atoms. The summed E-state index contributed by atoms with van der Waals surface area (Å²) in [6, 6.07) is 4.18. The van der Waals surface area contributed by atoms with E-state index >= 15 is 0 Å². The molecule has 1 aliphatic rings. The van der Waals surface area contributed by atoms with Gasteiger partial charge in [0.05, 0.1) is 24.3 Å². The first-order valence-electron chi connectivity index (χ1n) is 7.06. The fourth-order valence-electron chi connectivity index (χ4n) is 2.38. The Hall–Kier alpha value is -1.17. The van der Waals surface area contributed by atoms with Gasteiger partial charge in [0.1, 0.15) is 5.82 Å². The van der Waals surface area contributed by atoms with E-state index in [0.717, 1.165) is 5.56 Å². The number of morpholine rings is 1.